The molecule has 2 aromatic carbocycles. The second-order valence-corrected chi connectivity index (χ2v) is 7.43. The highest BCUT2D eigenvalue weighted by molar-refractivity contribution is 7.15. The van der Waals surface area contributed by atoms with E-state index in [1.165, 1.54) is 23.5 Å². The molecule has 0 saturated carbocycles. The normalized spacial score (nSPS) is 12.7. The summed E-state index contributed by atoms with van der Waals surface area (Å²) >= 11 is 1.18. The van der Waals surface area contributed by atoms with E-state index >= 15 is 0 Å². The van der Waals surface area contributed by atoms with E-state index in [9.17, 15) is 24.5 Å². The van der Waals surface area contributed by atoms with Crippen LogP contribution in [0.1, 0.15) is 31.3 Å². The highest BCUT2D eigenvalue weighted by atomic mass is 32.1. The summed E-state index contributed by atoms with van der Waals surface area (Å²) in [4.78, 5) is 48.4. The van der Waals surface area contributed by atoms with Crippen molar-refractivity contribution in [2.45, 2.75) is 6.42 Å². The molecule has 10 nitrogen and oxygen atoms in total. The molecular formula is C19H13N5O5S. The largest absolute Gasteiger partial charge is 0.299 e. The molecule has 0 spiro atoms. The van der Waals surface area contributed by atoms with Crippen molar-refractivity contribution >= 4 is 39.9 Å². The van der Waals surface area contributed by atoms with Gasteiger partial charge in [0.05, 0.1) is 10.5 Å². The number of fused-ring (bicyclic) bond motifs is 1. The van der Waals surface area contributed by atoms with Gasteiger partial charge in [-0.15, -0.1) is 10.2 Å². The Morgan fingerprint density at radius 2 is 1.83 bits per heavy atom. The van der Waals surface area contributed by atoms with Crippen LogP contribution in [0.15, 0.2) is 48.5 Å². The van der Waals surface area contributed by atoms with E-state index in [2.05, 4.69) is 15.5 Å². The van der Waals surface area contributed by atoms with Crippen LogP contribution < -0.4 is 5.32 Å². The van der Waals surface area contributed by atoms with Gasteiger partial charge in [0.2, 0.25) is 11.0 Å². The fraction of sp³-hybridized carbons (Fsp3) is 0.105. The van der Waals surface area contributed by atoms with Gasteiger partial charge >= 0.3 is 0 Å². The Bertz CT molecular complexity index is 1180. The molecule has 0 radical (unpaired) electrons. The van der Waals surface area contributed by atoms with Crippen molar-refractivity contribution in [1.29, 1.82) is 0 Å². The molecule has 0 fully saturated rings. The number of amides is 3. The number of aromatic nitrogens is 2. The molecule has 0 bridgehead atoms. The summed E-state index contributed by atoms with van der Waals surface area (Å²) in [5, 5.41) is 22.5. The van der Waals surface area contributed by atoms with Crippen LogP contribution in [0.25, 0.3) is 0 Å². The Balaban J connectivity index is 1.44. The van der Waals surface area contributed by atoms with Crippen LogP contribution in [0.4, 0.5) is 10.8 Å². The molecule has 0 unspecified atom stereocenters. The summed E-state index contributed by atoms with van der Waals surface area (Å²) in [5.74, 6) is -2.29. The van der Waals surface area contributed by atoms with Gasteiger partial charge in [-0.05, 0) is 11.6 Å². The molecule has 0 aliphatic carbocycles. The molecule has 3 amide bonds. The summed E-state index contributed by atoms with van der Waals surface area (Å²) in [7, 11) is 0. The Hall–Kier alpha value is -3.99. The van der Waals surface area contributed by atoms with Crippen LogP contribution in [-0.2, 0) is 11.2 Å². The highest BCUT2D eigenvalue weighted by Gasteiger charge is 2.41. The van der Waals surface area contributed by atoms with Crippen LogP contribution in [-0.4, -0.2) is 44.3 Å². The predicted octanol–water partition coefficient (Wildman–Crippen LogP) is 2.27. The van der Waals surface area contributed by atoms with Gasteiger partial charge in [-0.1, -0.05) is 47.7 Å². The van der Waals surface area contributed by atoms with E-state index < -0.39 is 34.9 Å². The van der Waals surface area contributed by atoms with Gasteiger partial charge in [0, 0.05) is 12.5 Å². The number of benzene rings is 2. The van der Waals surface area contributed by atoms with Crippen molar-refractivity contribution in [3.63, 3.8) is 0 Å². The molecule has 30 heavy (non-hydrogen) atoms. The van der Waals surface area contributed by atoms with Crippen LogP contribution in [0.5, 0.6) is 0 Å². The Kier molecular flexibility index (Phi) is 5.02. The lowest BCUT2D eigenvalue weighted by atomic mass is 10.1. The number of nitro groups is 1. The number of anilines is 1. The number of nitro benzene ring substituents is 1. The quantitative estimate of drug-likeness (QED) is 0.365. The zero-order valence-electron chi connectivity index (χ0n) is 15.3. The molecule has 1 aromatic heterocycles. The van der Waals surface area contributed by atoms with E-state index in [4.69, 9.17) is 0 Å². The molecule has 0 atom stereocenters. The molecule has 150 valence electrons. The van der Waals surface area contributed by atoms with Gasteiger partial charge in [0.1, 0.15) is 17.1 Å². The van der Waals surface area contributed by atoms with E-state index in [0.29, 0.717) is 16.3 Å². The number of carbonyl (C=O) groups is 3. The smallest absolute Gasteiger partial charge is 0.282 e. The number of carbonyl (C=O) groups excluding carboxylic acids is 3. The van der Waals surface area contributed by atoms with E-state index in [1.54, 1.807) is 0 Å². The van der Waals surface area contributed by atoms with Gasteiger partial charge in [-0.25, -0.2) is 0 Å². The van der Waals surface area contributed by atoms with Gasteiger partial charge in [-0.2, -0.15) is 0 Å². The number of nitrogens with zero attached hydrogens (tertiary/aromatic N) is 4. The van der Waals surface area contributed by atoms with Gasteiger partial charge in [0.25, 0.3) is 17.5 Å². The Morgan fingerprint density at radius 1 is 1.07 bits per heavy atom. The van der Waals surface area contributed by atoms with Crippen LogP contribution >= 0.6 is 11.3 Å². The lowest BCUT2D eigenvalue weighted by Crippen LogP contribution is -2.37. The maximum absolute atomic E-state index is 12.5. The maximum atomic E-state index is 12.5. The summed E-state index contributed by atoms with van der Waals surface area (Å²) < 4.78 is 0. The van der Waals surface area contributed by atoms with Crippen molar-refractivity contribution in [1.82, 2.24) is 15.1 Å². The van der Waals surface area contributed by atoms with E-state index in [0.717, 1.165) is 11.6 Å². The van der Waals surface area contributed by atoms with Crippen LogP contribution in [0.2, 0.25) is 0 Å². The van der Waals surface area contributed by atoms with Crippen molar-refractivity contribution in [2.24, 2.45) is 0 Å². The third-order valence-corrected chi connectivity index (χ3v) is 5.23. The average Bonchev–Trinajstić information content (AvgIpc) is 3.26. The Morgan fingerprint density at radius 3 is 2.57 bits per heavy atom. The van der Waals surface area contributed by atoms with E-state index in [-0.39, 0.29) is 16.3 Å². The fourth-order valence-electron chi connectivity index (χ4n) is 3.06. The van der Waals surface area contributed by atoms with Crippen molar-refractivity contribution in [3.8, 4) is 0 Å². The molecule has 0 saturated heterocycles. The number of hydrogen-bond acceptors (Lipinski definition) is 8. The Labute approximate surface area is 173 Å². The zero-order valence-corrected chi connectivity index (χ0v) is 16.1. The second kappa shape index (κ2) is 7.79. The first-order valence-electron chi connectivity index (χ1n) is 8.74. The molecular weight excluding hydrogens is 410 g/mol. The van der Waals surface area contributed by atoms with Crippen LogP contribution in [0, 0.1) is 10.1 Å². The molecule has 4 rings (SSSR count). The molecule has 11 heteroatoms. The minimum atomic E-state index is -0.875. The molecule has 1 aliphatic heterocycles. The van der Waals surface area contributed by atoms with Crippen LogP contribution in [0.3, 0.4) is 0 Å². The average molecular weight is 423 g/mol. The summed E-state index contributed by atoms with van der Waals surface area (Å²) in [6.45, 7) is -0.586. The van der Waals surface area contributed by atoms with Crippen molar-refractivity contribution in [2.75, 3.05) is 11.9 Å². The summed E-state index contributed by atoms with van der Waals surface area (Å²) in [6, 6.07) is 13.4. The topological polar surface area (TPSA) is 135 Å². The SMILES string of the molecule is O=C(CN1C(=O)c2cccc([N+](=O)[O-])c2C1=O)Nc1nnc(Cc2ccccc2)s1. The summed E-state index contributed by atoms with van der Waals surface area (Å²) in [6.07, 6.45) is 0.552. The lowest BCUT2D eigenvalue weighted by molar-refractivity contribution is -0.385. The number of imide groups is 1. The highest BCUT2D eigenvalue weighted by Crippen LogP contribution is 2.30. The predicted molar refractivity (Wildman–Crippen MR) is 106 cm³/mol. The second-order valence-electron chi connectivity index (χ2n) is 6.36. The lowest BCUT2D eigenvalue weighted by Gasteiger charge is -2.12. The number of hydrogen-bond donors (Lipinski definition) is 1. The third kappa shape index (κ3) is 3.65. The first kappa shape index (κ1) is 19.3. The minimum absolute atomic E-state index is 0.0944. The summed E-state index contributed by atoms with van der Waals surface area (Å²) in [5.41, 5.74) is 0.173. The standard InChI is InChI=1S/C19H13N5O5S/c25-14(20-19-22-21-15(30-19)9-11-5-2-1-3-6-11)10-23-17(26)12-7-4-8-13(24(28)29)16(12)18(23)27/h1-8H,9-10H2,(H,20,22,25). The first-order valence-corrected chi connectivity index (χ1v) is 9.55. The zero-order chi connectivity index (χ0) is 21.3. The van der Waals surface area contributed by atoms with Crippen molar-refractivity contribution in [3.05, 3.63) is 80.3 Å². The van der Waals surface area contributed by atoms with Crippen molar-refractivity contribution < 1.29 is 19.3 Å². The van der Waals surface area contributed by atoms with E-state index in [1.807, 2.05) is 30.3 Å². The fourth-order valence-corrected chi connectivity index (χ4v) is 3.85. The maximum Gasteiger partial charge on any atom is 0.282 e. The van der Waals surface area contributed by atoms with Gasteiger partial charge in [-0.3, -0.25) is 34.7 Å². The molecule has 1 aliphatic rings. The van der Waals surface area contributed by atoms with Gasteiger partial charge in [0.15, 0.2) is 0 Å². The minimum Gasteiger partial charge on any atom is -0.299 e. The van der Waals surface area contributed by atoms with Gasteiger partial charge < -0.3 is 0 Å². The molecule has 3 aromatic rings. The molecule has 1 N–H and O–H groups in total. The number of rotatable bonds is 6. The third-order valence-electron chi connectivity index (χ3n) is 4.39. The molecule has 2 heterocycles. The first-order chi connectivity index (χ1) is 14.4. The monoisotopic (exact) mass is 423 g/mol. The number of nitrogens with one attached hydrogen (secondary N) is 1.